The van der Waals surface area contributed by atoms with Gasteiger partial charge in [0.15, 0.2) is 5.78 Å². The summed E-state index contributed by atoms with van der Waals surface area (Å²) in [7, 11) is 0. The van der Waals surface area contributed by atoms with E-state index < -0.39 is 0 Å². The number of carbonyl (C=O) groups excluding carboxylic acids is 1. The van der Waals surface area contributed by atoms with Gasteiger partial charge in [-0.1, -0.05) is 48.5 Å². The van der Waals surface area contributed by atoms with Crippen LogP contribution in [0.15, 0.2) is 54.6 Å². The number of ketones is 1. The highest BCUT2D eigenvalue weighted by atomic mass is 16.5. The van der Waals surface area contributed by atoms with Crippen LogP contribution in [0, 0.1) is 0 Å². The first-order valence-corrected chi connectivity index (χ1v) is 5.65. The highest BCUT2D eigenvalue weighted by molar-refractivity contribution is 5.92. The molecule has 0 aliphatic carbocycles. The number of ether oxygens (including phenoxy) is 1. The fourth-order valence-corrected chi connectivity index (χ4v) is 2.27. The fourth-order valence-electron chi connectivity index (χ4n) is 2.27. The van der Waals surface area contributed by atoms with Gasteiger partial charge in [0.2, 0.25) is 0 Å². The van der Waals surface area contributed by atoms with Gasteiger partial charge in [-0.25, -0.2) is 0 Å². The van der Waals surface area contributed by atoms with E-state index in [0.717, 1.165) is 16.9 Å². The third kappa shape index (κ3) is 1.72. The molecule has 2 aromatic rings. The van der Waals surface area contributed by atoms with E-state index in [4.69, 9.17) is 4.74 Å². The first-order valence-electron chi connectivity index (χ1n) is 5.65. The van der Waals surface area contributed by atoms with Crippen molar-refractivity contribution in [1.29, 1.82) is 0 Å². The third-order valence-electron chi connectivity index (χ3n) is 3.05. The van der Waals surface area contributed by atoms with Crippen LogP contribution in [0.25, 0.3) is 0 Å². The molecule has 0 fully saturated rings. The number of benzene rings is 2. The van der Waals surface area contributed by atoms with E-state index in [-0.39, 0.29) is 18.3 Å². The second kappa shape index (κ2) is 4.06. The predicted octanol–water partition coefficient (Wildman–Crippen LogP) is 2.78. The molecule has 0 N–H and O–H groups in total. The lowest BCUT2D eigenvalue weighted by molar-refractivity contribution is -0.122. The standard InChI is InChI=1S/C15H12O2/c16-13-10-17-14-9-5-4-8-12(14)15(13)11-6-2-1-3-7-11/h1-9,15H,10H2. The normalized spacial score (nSPS) is 18.4. The molecule has 0 bridgehead atoms. The Morgan fingerprint density at radius 3 is 2.47 bits per heavy atom. The molecule has 17 heavy (non-hydrogen) atoms. The van der Waals surface area contributed by atoms with Gasteiger partial charge in [0.25, 0.3) is 0 Å². The van der Waals surface area contributed by atoms with Crippen molar-refractivity contribution < 1.29 is 9.53 Å². The van der Waals surface area contributed by atoms with Gasteiger partial charge < -0.3 is 4.74 Å². The van der Waals surface area contributed by atoms with Crippen LogP contribution in [-0.4, -0.2) is 12.4 Å². The van der Waals surface area contributed by atoms with Crippen LogP contribution in [0.3, 0.4) is 0 Å². The Kier molecular flexibility index (Phi) is 2.41. The Labute approximate surface area is 99.9 Å². The molecule has 1 aliphatic rings. The summed E-state index contributed by atoms with van der Waals surface area (Å²) >= 11 is 0. The van der Waals surface area contributed by atoms with Gasteiger partial charge in [-0.05, 0) is 11.6 Å². The van der Waals surface area contributed by atoms with Crippen molar-refractivity contribution in [3.63, 3.8) is 0 Å². The van der Waals surface area contributed by atoms with E-state index >= 15 is 0 Å². The van der Waals surface area contributed by atoms with E-state index in [1.54, 1.807) is 0 Å². The van der Waals surface area contributed by atoms with Crippen LogP contribution < -0.4 is 4.74 Å². The molecule has 3 rings (SSSR count). The van der Waals surface area contributed by atoms with E-state index in [0.29, 0.717) is 0 Å². The van der Waals surface area contributed by atoms with Crippen molar-refractivity contribution in [3.05, 3.63) is 65.7 Å². The molecule has 2 nitrogen and oxygen atoms in total. The zero-order valence-corrected chi connectivity index (χ0v) is 9.30. The molecule has 1 atom stereocenters. The molecule has 0 spiro atoms. The van der Waals surface area contributed by atoms with Gasteiger partial charge in [0.1, 0.15) is 12.4 Å². The average Bonchev–Trinajstić information content (AvgIpc) is 2.39. The van der Waals surface area contributed by atoms with Crippen LogP contribution in [0.4, 0.5) is 0 Å². The summed E-state index contributed by atoms with van der Waals surface area (Å²) in [6, 6.07) is 17.6. The van der Waals surface area contributed by atoms with Crippen LogP contribution >= 0.6 is 0 Å². The molecular formula is C15H12O2. The number of fused-ring (bicyclic) bond motifs is 1. The first-order chi connectivity index (χ1) is 8.36. The lowest BCUT2D eigenvalue weighted by Crippen LogP contribution is -2.26. The van der Waals surface area contributed by atoms with Crippen LogP contribution in [-0.2, 0) is 4.79 Å². The minimum absolute atomic E-state index is 0.120. The summed E-state index contributed by atoms with van der Waals surface area (Å²) in [5.74, 6) is 0.761. The molecular weight excluding hydrogens is 212 g/mol. The number of rotatable bonds is 1. The van der Waals surface area contributed by atoms with Crippen LogP contribution in [0.2, 0.25) is 0 Å². The van der Waals surface area contributed by atoms with Gasteiger partial charge >= 0.3 is 0 Å². The quantitative estimate of drug-likeness (QED) is 0.744. The number of hydrogen-bond donors (Lipinski definition) is 0. The minimum atomic E-state index is -0.179. The topological polar surface area (TPSA) is 26.3 Å². The molecule has 0 radical (unpaired) electrons. The first kappa shape index (κ1) is 10.1. The summed E-state index contributed by atoms with van der Waals surface area (Å²) in [6.45, 7) is 0.163. The molecule has 2 heteroatoms. The van der Waals surface area contributed by atoms with E-state index in [9.17, 15) is 4.79 Å². The lowest BCUT2D eigenvalue weighted by Gasteiger charge is -2.24. The van der Waals surface area contributed by atoms with Gasteiger partial charge in [0.05, 0.1) is 5.92 Å². The number of carbonyl (C=O) groups is 1. The van der Waals surface area contributed by atoms with Crippen molar-refractivity contribution in [1.82, 2.24) is 0 Å². The lowest BCUT2D eigenvalue weighted by atomic mass is 9.86. The Bertz CT molecular complexity index is 546. The largest absolute Gasteiger partial charge is 0.485 e. The van der Waals surface area contributed by atoms with Gasteiger partial charge in [-0.3, -0.25) is 4.79 Å². The molecule has 1 aliphatic heterocycles. The summed E-state index contributed by atoms with van der Waals surface area (Å²) < 4.78 is 5.44. The second-order valence-corrected chi connectivity index (χ2v) is 4.14. The highest BCUT2D eigenvalue weighted by Gasteiger charge is 2.29. The Morgan fingerprint density at radius 2 is 1.65 bits per heavy atom. The van der Waals surface area contributed by atoms with Crippen molar-refractivity contribution in [2.45, 2.75) is 5.92 Å². The number of hydrogen-bond acceptors (Lipinski definition) is 2. The summed E-state index contributed by atoms with van der Waals surface area (Å²) in [4.78, 5) is 12.0. The molecule has 0 amide bonds. The van der Waals surface area contributed by atoms with Crippen molar-refractivity contribution in [2.24, 2.45) is 0 Å². The fraction of sp³-hybridized carbons (Fsp3) is 0.133. The zero-order chi connectivity index (χ0) is 11.7. The van der Waals surface area contributed by atoms with Crippen LogP contribution in [0.5, 0.6) is 5.75 Å². The SMILES string of the molecule is O=C1COc2ccccc2C1c1ccccc1. The Morgan fingerprint density at radius 1 is 0.941 bits per heavy atom. The van der Waals surface area contributed by atoms with Crippen molar-refractivity contribution in [2.75, 3.05) is 6.61 Å². The number of para-hydroxylation sites is 1. The molecule has 2 aromatic carbocycles. The van der Waals surface area contributed by atoms with Crippen molar-refractivity contribution >= 4 is 5.78 Å². The third-order valence-corrected chi connectivity index (χ3v) is 3.05. The maximum Gasteiger partial charge on any atom is 0.182 e. The molecule has 1 heterocycles. The second-order valence-electron chi connectivity index (χ2n) is 4.14. The summed E-state index contributed by atoms with van der Waals surface area (Å²) in [5, 5.41) is 0. The van der Waals surface area contributed by atoms with E-state index in [1.165, 1.54) is 0 Å². The summed E-state index contributed by atoms with van der Waals surface area (Å²) in [5.41, 5.74) is 2.00. The highest BCUT2D eigenvalue weighted by Crippen LogP contribution is 2.35. The van der Waals surface area contributed by atoms with Crippen molar-refractivity contribution in [3.8, 4) is 5.75 Å². The maximum absolute atomic E-state index is 12.0. The molecule has 84 valence electrons. The molecule has 0 aromatic heterocycles. The zero-order valence-electron chi connectivity index (χ0n) is 9.30. The Balaban J connectivity index is 2.13. The predicted molar refractivity (Wildman–Crippen MR) is 65.2 cm³/mol. The smallest absolute Gasteiger partial charge is 0.182 e. The minimum Gasteiger partial charge on any atom is -0.485 e. The number of Topliss-reactive ketones (excluding diaryl/α,β-unsaturated/α-hetero) is 1. The Hall–Kier alpha value is -2.09. The van der Waals surface area contributed by atoms with Gasteiger partial charge in [-0.15, -0.1) is 0 Å². The van der Waals surface area contributed by atoms with Gasteiger partial charge in [0, 0.05) is 5.56 Å². The average molecular weight is 224 g/mol. The maximum atomic E-state index is 12.0. The van der Waals surface area contributed by atoms with Crippen LogP contribution in [0.1, 0.15) is 17.0 Å². The summed E-state index contributed by atoms with van der Waals surface area (Å²) in [6.07, 6.45) is 0. The van der Waals surface area contributed by atoms with Gasteiger partial charge in [-0.2, -0.15) is 0 Å². The molecule has 0 saturated carbocycles. The monoisotopic (exact) mass is 224 g/mol. The molecule has 1 unspecified atom stereocenters. The van der Waals surface area contributed by atoms with E-state index in [1.807, 2.05) is 54.6 Å². The molecule has 0 saturated heterocycles. The van der Waals surface area contributed by atoms with E-state index in [2.05, 4.69) is 0 Å².